The van der Waals surface area contributed by atoms with Crippen LogP contribution in [0, 0.1) is 6.92 Å². The lowest BCUT2D eigenvalue weighted by molar-refractivity contribution is -0.119. The van der Waals surface area contributed by atoms with Crippen LogP contribution in [0.1, 0.15) is 24.2 Å². The van der Waals surface area contributed by atoms with Gasteiger partial charge in [-0.05, 0) is 53.5 Å². The third-order valence-electron chi connectivity index (χ3n) is 3.66. The molecule has 0 aliphatic carbocycles. The van der Waals surface area contributed by atoms with E-state index in [9.17, 15) is 4.79 Å². The summed E-state index contributed by atoms with van der Waals surface area (Å²) in [7, 11) is 0. The van der Waals surface area contributed by atoms with E-state index in [-0.39, 0.29) is 11.9 Å². The number of nitrogens with zero attached hydrogens (tertiary/aromatic N) is 4. The van der Waals surface area contributed by atoms with Crippen LogP contribution in [0.5, 0.6) is 0 Å². The van der Waals surface area contributed by atoms with Gasteiger partial charge < -0.3 is 5.32 Å². The number of rotatable bonds is 5. The molecule has 6 nitrogen and oxygen atoms in total. The van der Waals surface area contributed by atoms with Crippen molar-refractivity contribution in [3.8, 4) is 0 Å². The molecule has 0 saturated heterocycles. The fourth-order valence-electron chi connectivity index (χ4n) is 2.37. The predicted molar refractivity (Wildman–Crippen MR) is 95.8 cm³/mol. The van der Waals surface area contributed by atoms with Crippen molar-refractivity contribution in [2.75, 3.05) is 5.32 Å². The van der Waals surface area contributed by atoms with Gasteiger partial charge in [0.15, 0.2) is 0 Å². The summed E-state index contributed by atoms with van der Waals surface area (Å²) in [6.45, 7) is 4.37. The molecule has 124 valence electrons. The molecule has 0 saturated carbocycles. The third kappa shape index (κ3) is 3.91. The van der Waals surface area contributed by atoms with Crippen molar-refractivity contribution in [1.82, 2.24) is 19.6 Å². The molecule has 1 atom stereocenters. The van der Waals surface area contributed by atoms with Gasteiger partial charge in [0.25, 0.3) is 0 Å². The molecule has 0 spiro atoms. The van der Waals surface area contributed by atoms with E-state index in [1.165, 1.54) is 0 Å². The lowest BCUT2D eigenvalue weighted by Crippen LogP contribution is -2.24. The molecule has 1 unspecified atom stereocenters. The van der Waals surface area contributed by atoms with Crippen LogP contribution in [0.2, 0.25) is 0 Å². The van der Waals surface area contributed by atoms with E-state index in [0.29, 0.717) is 6.54 Å². The number of halogens is 1. The normalized spacial score (nSPS) is 12.1. The summed E-state index contributed by atoms with van der Waals surface area (Å²) in [5.41, 5.74) is 2.72. The zero-order valence-electron chi connectivity index (χ0n) is 13.5. The Labute approximate surface area is 148 Å². The monoisotopic (exact) mass is 387 g/mol. The highest BCUT2D eigenvalue weighted by Gasteiger charge is 2.15. The van der Waals surface area contributed by atoms with Crippen LogP contribution in [-0.2, 0) is 11.3 Å². The van der Waals surface area contributed by atoms with Crippen LogP contribution in [0.25, 0.3) is 0 Å². The highest BCUT2D eigenvalue weighted by Crippen LogP contribution is 2.15. The van der Waals surface area contributed by atoms with Gasteiger partial charge in [0, 0.05) is 18.1 Å². The first-order valence-corrected chi connectivity index (χ1v) is 8.40. The Kier molecular flexibility index (Phi) is 4.80. The number of anilines is 1. The average Bonchev–Trinajstić information content (AvgIpc) is 3.15. The largest absolute Gasteiger partial charge is 0.324 e. The van der Waals surface area contributed by atoms with Gasteiger partial charge in [0.05, 0.1) is 22.9 Å². The number of carbonyl (C=O) groups is 1. The second-order valence-electron chi connectivity index (χ2n) is 5.66. The van der Waals surface area contributed by atoms with Crippen molar-refractivity contribution in [3.05, 3.63) is 64.7 Å². The summed E-state index contributed by atoms with van der Waals surface area (Å²) in [6.07, 6.45) is 5.47. The molecule has 0 bridgehead atoms. The van der Waals surface area contributed by atoms with Gasteiger partial charge in [0.1, 0.15) is 6.04 Å². The summed E-state index contributed by atoms with van der Waals surface area (Å²) in [6, 6.07) is 9.27. The highest BCUT2D eigenvalue weighted by atomic mass is 79.9. The van der Waals surface area contributed by atoms with Crippen LogP contribution in [0.4, 0.5) is 5.69 Å². The van der Waals surface area contributed by atoms with E-state index in [2.05, 4.69) is 31.4 Å². The molecule has 1 N–H and O–H groups in total. The Hall–Kier alpha value is -2.41. The maximum atomic E-state index is 12.4. The van der Waals surface area contributed by atoms with Gasteiger partial charge in [-0.25, -0.2) is 0 Å². The van der Waals surface area contributed by atoms with E-state index < -0.39 is 0 Å². The van der Waals surface area contributed by atoms with Gasteiger partial charge in [-0.15, -0.1) is 0 Å². The van der Waals surface area contributed by atoms with Crippen LogP contribution >= 0.6 is 15.9 Å². The topological polar surface area (TPSA) is 64.7 Å². The molecule has 2 heterocycles. The van der Waals surface area contributed by atoms with Gasteiger partial charge in [0.2, 0.25) is 5.91 Å². The Morgan fingerprint density at radius 2 is 2.21 bits per heavy atom. The van der Waals surface area contributed by atoms with E-state index >= 15 is 0 Å². The van der Waals surface area contributed by atoms with Crippen molar-refractivity contribution < 1.29 is 4.79 Å². The number of benzene rings is 1. The number of aromatic nitrogens is 4. The molecule has 1 amide bonds. The van der Waals surface area contributed by atoms with Crippen molar-refractivity contribution in [2.45, 2.75) is 26.4 Å². The highest BCUT2D eigenvalue weighted by molar-refractivity contribution is 9.10. The molecular formula is C17H18BrN5O. The molecule has 0 radical (unpaired) electrons. The molecule has 0 aliphatic rings. The SMILES string of the molecule is Cc1ccn(C(C)C(=O)Nc2cccc(Cn3cc(Br)cn3)c2)n1. The first-order chi connectivity index (χ1) is 11.5. The van der Waals surface area contributed by atoms with Crippen molar-refractivity contribution in [3.63, 3.8) is 0 Å². The van der Waals surface area contributed by atoms with Crippen LogP contribution < -0.4 is 5.32 Å². The van der Waals surface area contributed by atoms with Gasteiger partial charge >= 0.3 is 0 Å². The maximum absolute atomic E-state index is 12.4. The zero-order valence-corrected chi connectivity index (χ0v) is 15.1. The summed E-state index contributed by atoms with van der Waals surface area (Å²) in [4.78, 5) is 12.4. The summed E-state index contributed by atoms with van der Waals surface area (Å²) in [5.74, 6) is -0.0999. The standard InChI is InChI=1S/C17H18BrN5O/c1-12-6-7-23(21-12)13(2)17(24)20-16-5-3-4-14(8-16)10-22-11-15(18)9-19-22/h3-9,11,13H,10H2,1-2H3,(H,20,24). The molecule has 0 aliphatic heterocycles. The van der Waals surface area contributed by atoms with E-state index in [4.69, 9.17) is 0 Å². The smallest absolute Gasteiger partial charge is 0.248 e. The quantitative estimate of drug-likeness (QED) is 0.729. The molecule has 0 fully saturated rings. The lowest BCUT2D eigenvalue weighted by atomic mass is 10.2. The number of amides is 1. The Morgan fingerprint density at radius 1 is 1.38 bits per heavy atom. The number of hydrogen-bond donors (Lipinski definition) is 1. The molecular weight excluding hydrogens is 370 g/mol. The number of carbonyl (C=O) groups excluding carboxylic acids is 1. The summed E-state index contributed by atoms with van der Waals surface area (Å²) in [5, 5.41) is 11.5. The zero-order chi connectivity index (χ0) is 17.1. The van der Waals surface area contributed by atoms with Crippen molar-refractivity contribution in [1.29, 1.82) is 0 Å². The van der Waals surface area contributed by atoms with Gasteiger partial charge in [-0.1, -0.05) is 12.1 Å². The Balaban J connectivity index is 1.68. The Morgan fingerprint density at radius 3 is 2.88 bits per heavy atom. The van der Waals surface area contributed by atoms with Crippen LogP contribution in [0.15, 0.2) is 53.4 Å². The fraction of sp³-hybridized carbons (Fsp3) is 0.235. The van der Waals surface area contributed by atoms with Crippen molar-refractivity contribution >= 4 is 27.5 Å². The minimum Gasteiger partial charge on any atom is -0.324 e. The van der Waals surface area contributed by atoms with Crippen LogP contribution in [-0.4, -0.2) is 25.5 Å². The molecule has 3 rings (SSSR count). The van der Waals surface area contributed by atoms with Crippen molar-refractivity contribution in [2.24, 2.45) is 0 Å². The first kappa shape index (κ1) is 16.4. The number of hydrogen-bond acceptors (Lipinski definition) is 3. The number of nitrogens with one attached hydrogen (secondary N) is 1. The first-order valence-electron chi connectivity index (χ1n) is 7.61. The lowest BCUT2D eigenvalue weighted by Gasteiger charge is -2.13. The minimum absolute atomic E-state index is 0.0999. The van der Waals surface area contributed by atoms with E-state index in [1.807, 2.05) is 61.3 Å². The average molecular weight is 388 g/mol. The molecule has 24 heavy (non-hydrogen) atoms. The van der Waals surface area contributed by atoms with Crippen LogP contribution in [0.3, 0.4) is 0 Å². The Bertz CT molecular complexity index is 854. The third-order valence-corrected chi connectivity index (χ3v) is 4.07. The summed E-state index contributed by atoms with van der Waals surface area (Å²) >= 11 is 3.38. The summed E-state index contributed by atoms with van der Waals surface area (Å²) < 4.78 is 4.44. The van der Waals surface area contributed by atoms with Gasteiger partial charge in [-0.3, -0.25) is 14.2 Å². The number of aryl methyl sites for hydroxylation is 1. The molecule has 3 aromatic rings. The molecule has 2 aromatic heterocycles. The fourth-order valence-corrected chi connectivity index (χ4v) is 2.70. The predicted octanol–water partition coefficient (Wildman–Crippen LogP) is 3.40. The second-order valence-corrected chi connectivity index (χ2v) is 6.57. The molecule has 7 heteroatoms. The van der Waals surface area contributed by atoms with Gasteiger partial charge in [-0.2, -0.15) is 10.2 Å². The van der Waals surface area contributed by atoms with E-state index in [1.54, 1.807) is 10.9 Å². The maximum Gasteiger partial charge on any atom is 0.248 e. The molecule has 1 aromatic carbocycles. The van der Waals surface area contributed by atoms with E-state index in [0.717, 1.165) is 21.4 Å². The minimum atomic E-state index is -0.371. The second kappa shape index (κ2) is 7.00.